The van der Waals surface area contributed by atoms with Crippen LogP contribution < -0.4 is 16.0 Å². The van der Waals surface area contributed by atoms with E-state index in [0.717, 1.165) is 54.5 Å². The van der Waals surface area contributed by atoms with E-state index in [1.807, 2.05) is 41.1 Å². The zero-order valence-corrected chi connectivity index (χ0v) is 22.1. The molecule has 1 unspecified atom stereocenters. The minimum absolute atomic E-state index is 0. The second-order valence-electron chi connectivity index (χ2n) is 8.31. The van der Waals surface area contributed by atoms with Crippen LogP contribution in [0.3, 0.4) is 0 Å². The number of aromatic nitrogens is 2. The maximum absolute atomic E-state index is 12.1. The first-order valence-electron chi connectivity index (χ1n) is 11.7. The molecule has 8 heteroatoms. The molecule has 2 aromatic carbocycles. The van der Waals surface area contributed by atoms with E-state index in [2.05, 4.69) is 59.3 Å². The van der Waals surface area contributed by atoms with Crippen LogP contribution >= 0.6 is 24.0 Å². The highest BCUT2D eigenvalue weighted by Crippen LogP contribution is 2.31. The number of nitrogens with one attached hydrogen (secondary N) is 3. The molecule has 4 rings (SSSR count). The van der Waals surface area contributed by atoms with E-state index < -0.39 is 0 Å². The van der Waals surface area contributed by atoms with Crippen LogP contribution in [0.15, 0.2) is 65.8 Å². The Bertz CT molecular complexity index is 1110. The van der Waals surface area contributed by atoms with Gasteiger partial charge in [0.05, 0.1) is 17.9 Å². The van der Waals surface area contributed by atoms with Gasteiger partial charge in [-0.1, -0.05) is 36.4 Å². The van der Waals surface area contributed by atoms with Crippen molar-refractivity contribution in [2.75, 3.05) is 25.0 Å². The number of fused-ring (bicyclic) bond motifs is 1. The summed E-state index contributed by atoms with van der Waals surface area (Å²) in [6, 6.07) is 18.2. The number of halogens is 1. The Kier molecular flexibility index (Phi) is 9.50. The number of carbonyl (C=O) groups excluding carboxylic acids is 1. The average molecular weight is 572 g/mol. The first-order chi connectivity index (χ1) is 16.1. The second kappa shape index (κ2) is 12.5. The summed E-state index contributed by atoms with van der Waals surface area (Å²) < 4.78 is 1.95. The molecule has 1 aliphatic heterocycles. The fourth-order valence-corrected chi connectivity index (χ4v) is 4.15. The predicted octanol–water partition coefficient (Wildman–Crippen LogP) is 4.41. The van der Waals surface area contributed by atoms with E-state index in [1.54, 1.807) is 0 Å². The smallest absolute Gasteiger partial charge is 0.225 e. The number of carbonyl (C=O) groups is 1. The highest BCUT2D eigenvalue weighted by atomic mass is 127. The lowest BCUT2D eigenvalue weighted by atomic mass is 9.91. The minimum atomic E-state index is 0. The summed E-state index contributed by atoms with van der Waals surface area (Å²) in [4.78, 5) is 16.8. The first-order valence-corrected chi connectivity index (χ1v) is 11.7. The number of nitrogens with zero attached hydrogens (tertiary/aromatic N) is 3. The summed E-state index contributed by atoms with van der Waals surface area (Å²) in [7, 11) is 0. The number of aliphatic imine (C=N–C) groups is 1. The number of anilines is 1. The number of amides is 1. The first kappa shape index (κ1) is 25.7. The van der Waals surface area contributed by atoms with Crippen LogP contribution in [0, 0.1) is 6.92 Å². The molecule has 1 amide bonds. The molecule has 0 spiro atoms. The Balaban J connectivity index is 0.00000324. The molecule has 0 aliphatic carbocycles. The number of hydrogen-bond donors (Lipinski definition) is 3. The number of aryl methyl sites for hydroxylation is 2. The summed E-state index contributed by atoms with van der Waals surface area (Å²) >= 11 is 0. The van der Waals surface area contributed by atoms with Crippen molar-refractivity contribution in [1.82, 2.24) is 20.4 Å². The molecule has 3 aromatic rings. The highest BCUT2D eigenvalue weighted by molar-refractivity contribution is 14.0. The van der Waals surface area contributed by atoms with Gasteiger partial charge >= 0.3 is 0 Å². The molecule has 180 valence electrons. The molecule has 2 heterocycles. The topological polar surface area (TPSA) is 83.3 Å². The predicted molar refractivity (Wildman–Crippen MR) is 148 cm³/mol. The standard InChI is InChI=1S/C26H32N6O.HI/c1-3-27-26(29-17-21-16-25(33)30-24-14-8-7-13-23(21)24)28-15-9-10-20-18-32(31-19(20)2)22-11-5-4-6-12-22;/h4-8,11-14,18,21H,3,9-10,15-17H2,1-2H3,(H,30,33)(H2,27,28,29);1H. The van der Waals surface area contributed by atoms with Gasteiger partial charge in [0, 0.05) is 37.3 Å². The summed E-state index contributed by atoms with van der Waals surface area (Å²) in [5.41, 5.74) is 5.45. The van der Waals surface area contributed by atoms with E-state index in [-0.39, 0.29) is 35.8 Å². The minimum Gasteiger partial charge on any atom is -0.357 e. The van der Waals surface area contributed by atoms with Gasteiger partial charge in [-0.25, -0.2) is 4.68 Å². The molecule has 7 nitrogen and oxygen atoms in total. The van der Waals surface area contributed by atoms with E-state index >= 15 is 0 Å². The fraction of sp³-hybridized carbons (Fsp3) is 0.346. The van der Waals surface area contributed by atoms with Crippen molar-refractivity contribution in [3.8, 4) is 5.69 Å². The van der Waals surface area contributed by atoms with E-state index in [9.17, 15) is 4.79 Å². The zero-order chi connectivity index (χ0) is 23.0. The van der Waals surface area contributed by atoms with Gasteiger partial charge in [0.1, 0.15) is 0 Å². The van der Waals surface area contributed by atoms with Gasteiger partial charge in [0.25, 0.3) is 0 Å². The number of rotatable bonds is 8. The fourth-order valence-electron chi connectivity index (χ4n) is 4.15. The summed E-state index contributed by atoms with van der Waals surface area (Å²) in [5, 5.41) is 14.4. The van der Waals surface area contributed by atoms with Gasteiger partial charge < -0.3 is 16.0 Å². The largest absolute Gasteiger partial charge is 0.357 e. The van der Waals surface area contributed by atoms with Crippen molar-refractivity contribution < 1.29 is 4.79 Å². The van der Waals surface area contributed by atoms with Crippen molar-refractivity contribution in [2.24, 2.45) is 4.99 Å². The molecular formula is C26H33IN6O. The van der Waals surface area contributed by atoms with Crippen LogP contribution in [0.1, 0.15) is 42.5 Å². The summed E-state index contributed by atoms with van der Waals surface area (Å²) in [6.45, 7) is 6.29. The van der Waals surface area contributed by atoms with Crippen molar-refractivity contribution in [3.63, 3.8) is 0 Å². The Labute approximate surface area is 218 Å². The zero-order valence-electron chi connectivity index (χ0n) is 19.8. The van der Waals surface area contributed by atoms with Crippen molar-refractivity contribution in [2.45, 2.75) is 39.0 Å². The third kappa shape index (κ3) is 6.59. The van der Waals surface area contributed by atoms with Gasteiger partial charge in [0.2, 0.25) is 5.91 Å². The molecule has 0 saturated carbocycles. The average Bonchev–Trinajstić information content (AvgIpc) is 3.20. The lowest BCUT2D eigenvalue weighted by Crippen LogP contribution is -2.38. The van der Waals surface area contributed by atoms with Crippen LogP contribution in [0.25, 0.3) is 5.69 Å². The Morgan fingerprint density at radius 3 is 2.71 bits per heavy atom. The lowest BCUT2D eigenvalue weighted by Gasteiger charge is -2.24. The Morgan fingerprint density at radius 1 is 1.15 bits per heavy atom. The van der Waals surface area contributed by atoms with Crippen LogP contribution in [0.5, 0.6) is 0 Å². The highest BCUT2D eigenvalue weighted by Gasteiger charge is 2.24. The maximum atomic E-state index is 12.1. The summed E-state index contributed by atoms with van der Waals surface area (Å²) in [6.07, 6.45) is 4.50. The Morgan fingerprint density at radius 2 is 1.91 bits per heavy atom. The number of para-hydroxylation sites is 2. The Hall–Kier alpha value is -2.88. The van der Waals surface area contributed by atoms with Crippen molar-refractivity contribution in [1.29, 1.82) is 0 Å². The van der Waals surface area contributed by atoms with Gasteiger partial charge in [-0.2, -0.15) is 5.10 Å². The number of guanidine groups is 1. The number of hydrogen-bond acceptors (Lipinski definition) is 3. The SMILES string of the molecule is CCNC(=NCC1CC(=O)Nc2ccccc21)NCCCc1cn(-c2ccccc2)nc1C.I. The third-order valence-corrected chi connectivity index (χ3v) is 5.86. The van der Waals surface area contributed by atoms with Crippen LogP contribution in [-0.4, -0.2) is 41.3 Å². The van der Waals surface area contributed by atoms with Gasteiger partial charge in [-0.3, -0.25) is 9.79 Å². The quantitative estimate of drug-likeness (QED) is 0.162. The van der Waals surface area contributed by atoms with Crippen molar-refractivity contribution in [3.05, 3.63) is 77.6 Å². The van der Waals surface area contributed by atoms with Gasteiger partial charge in [0.15, 0.2) is 5.96 Å². The van der Waals surface area contributed by atoms with E-state index in [1.165, 1.54) is 5.56 Å². The van der Waals surface area contributed by atoms with Crippen LogP contribution in [0.2, 0.25) is 0 Å². The van der Waals surface area contributed by atoms with E-state index in [4.69, 9.17) is 4.99 Å². The molecule has 1 atom stereocenters. The van der Waals surface area contributed by atoms with Crippen LogP contribution in [0.4, 0.5) is 5.69 Å². The molecule has 34 heavy (non-hydrogen) atoms. The molecule has 3 N–H and O–H groups in total. The number of benzene rings is 2. The monoisotopic (exact) mass is 572 g/mol. The summed E-state index contributed by atoms with van der Waals surface area (Å²) in [5.74, 6) is 0.938. The molecule has 1 aromatic heterocycles. The third-order valence-electron chi connectivity index (χ3n) is 5.86. The molecule has 0 radical (unpaired) electrons. The molecule has 0 bridgehead atoms. The molecular weight excluding hydrogens is 539 g/mol. The van der Waals surface area contributed by atoms with Crippen molar-refractivity contribution >= 4 is 41.5 Å². The normalized spacial score (nSPS) is 15.2. The lowest BCUT2D eigenvalue weighted by molar-refractivity contribution is -0.116. The van der Waals surface area contributed by atoms with Crippen LogP contribution in [-0.2, 0) is 11.2 Å². The molecule has 0 fully saturated rings. The van der Waals surface area contributed by atoms with E-state index in [0.29, 0.717) is 13.0 Å². The molecule has 0 saturated heterocycles. The second-order valence-corrected chi connectivity index (χ2v) is 8.31. The maximum Gasteiger partial charge on any atom is 0.225 e. The molecule has 1 aliphatic rings. The van der Waals surface area contributed by atoms with Gasteiger partial charge in [-0.15, -0.1) is 24.0 Å². The van der Waals surface area contributed by atoms with Gasteiger partial charge in [-0.05, 0) is 56.0 Å².